The van der Waals surface area contributed by atoms with Crippen LogP contribution in [0.1, 0.15) is 20.8 Å². The molecule has 1 aromatic carbocycles. The Hall–Kier alpha value is -2.68. The molecule has 0 saturated carbocycles. The summed E-state index contributed by atoms with van der Waals surface area (Å²) in [6, 6.07) is 5.95. The summed E-state index contributed by atoms with van der Waals surface area (Å²) >= 11 is 0. The van der Waals surface area contributed by atoms with Gasteiger partial charge in [-0.05, 0) is 32.9 Å². The third kappa shape index (κ3) is 5.99. The first-order valence-electron chi connectivity index (χ1n) is 8.48. The maximum atomic E-state index is 12.0. The number of nitrogens with zero attached hydrogens (tertiary/aromatic N) is 3. The molecule has 1 heterocycles. The minimum atomic E-state index is -0.494. The van der Waals surface area contributed by atoms with E-state index in [1.165, 1.54) is 12.1 Å². The summed E-state index contributed by atoms with van der Waals surface area (Å²) in [6.07, 6.45) is 0. The van der Waals surface area contributed by atoms with E-state index in [9.17, 15) is 19.7 Å². The van der Waals surface area contributed by atoms with Crippen LogP contribution in [0.3, 0.4) is 0 Å². The number of amides is 3. The second-order valence-corrected chi connectivity index (χ2v) is 7.29. The Bertz CT molecular complexity index is 661. The van der Waals surface area contributed by atoms with Gasteiger partial charge in [0, 0.05) is 49.5 Å². The molecule has 0 aromatic heterocycles. The number of hydrogen-bond donors (Lipinski definition) is 2. The number of hydrogen-bond acceptors (Lipinski definition) is 6. The number of piperazine rings is 1. The third-order valence-electron chi connectivity index (χ3n) is 3.91. The van der Waals surface area contributed by atoms with Crippen LogP contribution < -0.4 is 15.5 Å². The van der Waals surface area contributed by atoms with Gasteiger partial charge < -0.3 is 10.2 Å². The standard InChI is InChI=1S/C17H25N5O4/c1-17(2,3)19-16(24)18-15(23)12-20-8-10-21(11-9-20)13-4-6-14(7-5-13)22(25)26/h4-7H,8-12H2,1-3H3,(H2,18,19,23,24). The minimum Gasteiger partial charge on any atom is -0.369 e. The van der Waals surface area contributed by atoms with Crippen molar-refractivity contribution in [3.63, 3.8) is 0 Å². The van der Waals surface area contributed by atoms with Crippen LogP contribution >= 0.6 is 0 Å². The van der Waals surface area contributed by atoms with Gasteiger partial charge in [0.1, 0.15) is 0 Å². The maximum absolute atomic E-state index is 12.0. The molecule has 0 unspecified atom stereocenters. The third-order valence-corrected chi connectivity index (χ3v) is 3.91. The van der Waals surface area contributed by atoms with E-state index < -0.39 is 16.5 Å². The molecule has 0 spiro atoms. The zero-order valence-corrected chi connectivity index (χ0v) is 15.3. The molecule has 1 saturated heterocycles. The number of non-ortho nitro benzene ring substituents is 1. The van der Waals surface area contributed by atoms with E-state index in [4.69, 9.17) is 0 Å². The van der Waals surface area contributed by atoms with Gasteiger partial charge in [0.05, 0.1) is 11.5 Å². The molecule has 1 aromatic rings. The number of nitrogens with one attached hydrogen (secondary N) is 2. The highest BCUT2D eigenvalue weighted by atomic mass is 16.6. The normalized spacial score (nSPS) is 15.4. The van der Waals surface area contributed by atoms with E-state index in [-0.39, 0.29) is 18.1 Å². The lowest BCUT2D eigenvalue weighted by Gasteiger charge is -2.35. The largest absolute Gasteiger partial charge is 0.369 e. The van der Waals surface area contributed by atoms with Crippen LogP contribution in [0, 0.1) is 10.1 Å². The van der Waals surface area contributed by atoms with Crippen LogP contribution in [0.15, 0.2) is 24.3 Å². The highest BCUT2D eigenvalue weighted by Gasteiger charge is 2.21. The number of rotatable bonds is 4. The van der Waals surface area contributed by atoms with Crippen LogP contribution in [0.2, 0.25) is 0 Å². The Morgan fingerprint density at radius 3 is 2.19 bits per heavy atom. The Balaban J connectivity index is 1.78. The van der Waals surface area contributed by atoms with Crippen LogP contribution in [0.25, 0.3) is 0 Å². The SMILES string of the molecule is CC(C)(C)NC(=O)NC(=O)CN1CCN(c2ccc([N+](=O)[O-])cc2)CC1. The van der Waals surface area contributed by atoms with Crippen molar-refractivity contribution in [2.75, 3.05) is 37.6 Å². The maximum Gasteiger partial charge on any atom is 0.321 e. The molecule has 26 heavy (non-hydrogen) atoms. The van der Waals surface area contributed by atoms with Gasteiger partial charge in [-0.25, -0.2) is 4.79 Å². The van der Waals surface area contributed by atoms with Crippen molar-refractivity contribution in [1.82, 2.24) is 15.5 Å². The fraction of sp³-hybridized carbons (Fsp3) is 0.529. The summed E-state index contributed by atoms with van der Waals surface area (Å²) in [6.45, 7) is 8.44. The number of urea groups is 1. The lowest BCUT2D eigenvalue weighted by Crippen LogP contribution is -2.53. The van der Waals surface area contributed by atoms with Crippen LogP contribution in [0.5, 0.6) is 0 Å². The lowest BCUT2D eigenvalue weighted by atomic mass is 10.1. The molecule has 9 nitrogen and oxygen atoms in total. The zero-order chi connectivity index (χ0) is 19.3. The van der Waals surface area contributed by atoms with Crippen molar-refractivity contribution in [2.24, 2.45) is 0 Å². The topological polar surface area (TPSA) is 108 Å². The van der Waals surface area contributed by atoms with Crippen molar-refractivity contribution in [3.8, 4) is 0 Å². The number of anilines is 1. The monoisotopic (exact) mass is 363 g/mol. The van der Waals surface area contributed by atoms with Crippen LogP contribution in [0.4, 0.5) is 16.2 Å². The van der Waals surface area contributed by atoms with Crippen molar-refractivity contribution < 1.29 is 14.5 Å². The van der Waals surface area contributed by atoms with Gasteiger partial charge in [-0.3, -0.25) is 25.1 Å². The van der Waals surface area contributed by atoms with E-state index in [2.05, 4.69) is 15.5 Å². The molecule has 1 aliphatic rings. The fourth-order valence-corrected chi connectivity index (χ4v) is 2.69. The summed E-state index contributed by atoms with van der Waals surface area (Å²) in [7, 11) is 0. The molecule has 1 aliphatic heterocycles. The Morgan fingerprint density at radius 2 is 1.69 bits per heavy atom. The summed E-state index contributed by atoms with van der Waals surface area (Å²) in [4.78, 5) is 38.0. The molecule has 2 N–H and O–H groups in total. The Kier molecular flexibility index (Phi) is 6.14. The molecule has 2 rings (SSSR count). The number of carbonyl (C=O) groups is 2. The van der Waals surface area contributed by atoms with Crippen molar-refractivity contribution >= 4 is 23.3 Å². The van der Waals surface area contributed by atoms with Crippen molar-refractivity contribution in [1.29, 1.82) is 0 Å². The summed E-state index contributed by atoms with van der Waals surface area (Å²) in [5, 5.41) is 15.7. The Labute approximate surface area is 152 Å². The summed E-state index contributed by atoms with van der Waals surface area (Å²) in [5.41, 5.74) is 0.586. The van der Waals surface area contributed by atoms with E-state index in [0.29, 0.717) is 26.2 Å². The lowest BCUT2D eigenvalue weighted by molar-refractivity contribution is -0.384. The molecule has 3 amide bonds. The molecule has 0 aliphatic carbocycles. The average Bonchev–Trinajstić information content (AvgIpc) is 2.53. The molecule has 9 heteroatoms. The van der Waals surface area contributed by atoms with Crippen LogP contribution in [-0.4, -0.2) is 60.0 Å². The van der Waals surface area contributed by atoms with Gasteiger partial charge in [0.15, 0.2) is 0 Å². The number of nitro benzene ring substituents is 1. The molecular formula is C17H25N5O4. The van der Waals surface area contributed by atoms with Crippen molar-refractivity contribution in [2.45, 2.75) is 26.3 Å². The fourth-order valence-electron chi connectivity index (χ4n) is 2.69. The minimum absolute atomic E-state index is 0.0672. The van der Waals surface area contributed by atoms with Gasteiger partial charge in [-0.15, -0.1) is 0 Å². The first-order valence-corrected chi connectivity index (χ1v) is 8.48. The van der Waals surface area contributed by atoms with Gasteiger partial charge in [0.2, 0.25) is 5.91 Å². The smallest absolute Gasteiger partial charge is 0.321 e. The van der Waals surface area contributed by atoms with E-state index in [1.807, 2.05) is 25.7 Å². The Morgan fingerprint density at radius 1 is 1.12 bits per heavy atom. The van der Waals surface area contributed by atoms with Crippen LogP contribution in [-0.2, 0) is 4.79 Å². The number of carbonyl (C=O) groups excluding carboxylic acids is 2. The molecule has 1 fully saturated rings. The average molecular weight is 363 g/mol. The molecule has 0 atom stereocenters. The van der Waals surface area contributed by atoms with Gasteiger partial charge in [-0.1, -0.05) is 0 Å². The zero-order valence-electron chi connectivity index (χ0n) is 15.3. The quantitative estimate of drug-likeness (QED) is 0.617. The van der Waals surface area contributed by atoms with Crippen molar-refractivity contribution in [3.05, 3.63) is 34.4 Å². The summed E-state index contributed by atoms with van der Waals surface area (Å²) in [5.74, 6) is -0.337. The molecule has 0 radical (unpaired) electrons. The second kappa shape index (κ2) is 8.13. The second-order valence-electron chi connectivity index (χ2n) is 7.29. The number of nitro groups is 1. The van der Waals surface area contributed by atoms with E-state index in [0.717, 1.165) is 5.69 Å². The molecule has 142 valence electrons. The van der Waals surface area contributed by atoms with Gasteiger partial charge in [-0.2, -0.15) is 0 Å². The molecule has 0 bridgehead atoms. The van der Waals surface area contributed by atoms with E-state index in [1.54, 1.807) is 12.1 Å². The number of benzene rings is 1. The first kappa shape index (κ1) is 19.6. The van der Waals surface area contributed by atoms with E-state index >= 15 is 0 Å². The first-order chi connectivity index (χ1) is 12.1. The molecular weight excluding hydrogens is 338 g/mol. The van der Waals surface area contributed by atoms with Gasteiger partial charge in [0.25, 0.3) is 5.69 Å². The highest BCUT2D eigenvalue weighted by molar-refractivity contribution is 5.95. The van der Waals surface area contributed by atoms with Gasteiger partial charge >= 0.3 is 6.03 Å². The highest BCUT2D eigenvalue weighted by Crippen LogP contribution is 2.20. The predicted molar refractivity (Wildman–Crippen MR) is 98.2 cm³/mol. The number of imide groups is 1. The predicted octanol–water partition coefficient (Wildman–Crippen LogP) is 1.34. The summed E-state index contributed by atoms with van der Waals surface area (Å²) < 4.78 is 0.